The lowest BCUT2D eigenvalue weighted by atomic mass is 10.1. The molecule has 0 saturated carbocycles. The molecular formula is C21H19N7O6. The van der Waals surface area contributed by atoms with E-state index in [2.05, 4.69) is 20.6 Å². The Labute approximate surface area is 190 Å². The summed E-state index contributed by atoms with van der Waals surface area (Å²) < 4.78 is 12.0. The molecule has 2 atom stereocenters. The number of H-pyrrole nitrogens is 1. The highest BCUT2D eigenvalue weighted by Crippen LogP contribution is 2.24. The van der Waals surface area contributed by atoms with Crippen LogP contribution in [0.4, 0.5) is 17.3 Å². The van der Waals surface area contributed by atoms with Gasteiger partial charge in [0.2, 0.25) is 5.56 Å². The molecule has 13 heteroatoms. The number of amides is 2. The van der Waals surface area contributed by atoms with Gasteiger partial charge in [0.25, 0.3) is 11.8 Å². The number of hydrogen-bond donors (Lipinski definition) is 4. The predicted molar refractivity (Wildman–Crippen MR) is 119 cm³/mol. The summed E-state index contributed by atoms with van der Waals surface area (Å²) in [4.78, 5) is 40.8. The second-order valence-corrected chi connectivity index (χ2v) is 7.52. The quantitative estimate of drug-likeness (QED) is 0.316. The number of aromatic amines is 1. The Morgan fingerprint density at radius 2 is 2.12 bits per heavy atom. The summed E-state index contributed by atoms with van der Waals surface area (Å²) in [5.41, 5.74) is 6.71. The van der Waals surface area contributed by atoms with Crippen molar-refractivity contribution in [3.8, 4) is 5.69 Å². The Morgan fingerprint density at radius 1 is 1.26 bits per heavy atom. The smallest absolute Gasteiger partial charge is 0.260 e. The SMILES string of the molecule is Nc1noc2cc(NC(=O)C(O)C3OCCN(c4ccn(-c5ccc(=O)[nH]c5)n4)C3=O)ccc12. The lowest BCUT2D eigenvalue weighted by molar-refractivity contribution is -0.150. The fourth-order valence-electron chi connectivity index (χ4n) is 3.60. The molecule has 1 aliphatic rings. The van der Waals surface area contributed by atoms with E-state index in [9.17, 15) is 19.5 Å². The third-order valence-corrected chi connectivity index (χ3v) is 5.33. The van der Waals surface area contributed by atoms with Crippen LogP contribution >= 0.6 is 0 Å². The molecule has 5 N–H and O–H groups in total. The number of benzene rings is 1. The van der Waals surface area contributed by atoms with Gasteiger partial charge in [0.15, 0.2) is 29.4 Å². The van der Waals surface area contributed by atoms with Crippen molar-refractivity contribution in [3.05, 3.63) is 59.1 Å². The first-order chi connectivity index (χ1) is 16.4. The standard InChI is InChI=1S/C21H19N7O6/c22-19-13-3-1-11(9-14(13)34-26-19)24-20(31)17(30)18-21(32)27(7-8-33-18)15-5-6-28(25-15)12-2-4-16(29)23-10-12/h1-6,9-10,17-18,30H,7-8H2,(H2,22,26)(H,23,29)(H,24,31). The number of pyridine rings is 1. The summed E-state index contributed by atoms with van der Waals surface area (Å²) in [6.45, 7) is 0.283. The molecule has 0 radical (unpaired) electrons. The molecule has 2 unspecified atom stereocenters. The number of aromatic nitrogens is 4. The Balaban J connectivity index is 1.30. The normalized spacial score (nSPS) is 17.1. The van der Waals surface area contributed by atoms with Gasteiger partial charge >= 0.3 is 0 Å². The zero-order valence-electron chi connectivity index (χ0n) is 17.5. The van der Waals surface area contributed by atoms with Crippen LogP contribution < -0.4 is 21.5 Å². The number of aliphatic hydroxyl groups excluding tert-OH is 1. The first kappa shape index (κ1) is 21.4. The second kappa shape index (κ2) is 8.46. The van der Waals surface area contributed by atoms with Gasteiger partial charge in [-0.2, -0.15) is 0 Å². The fraction of sp³-hybridized carbons (Fsp3) is 0.190. The van der Waals surface area contributed by atoms with E-state index in [1.54, 1.807) is 30.5 Å². The number of nitrogen functional groups attached to an aromatic ring is 1. The van der Waals surface area contributed by atoms with Crippen LogP contribution in [0, 0.1) is 0 Å². The third kappa shape index (κ3) is 3.89. The molecule has 1 fully saturated rings. The van der Waals surface area contributed by atoms with Crippen molar-refractivity contribution in [3.63, 3.8) is 0 Å². The first-order valence-corrected chi connectivity index (χ1v) is 10.2. The molecule has 5 rings (SSSR count). The van der Waals surface area contributed by atoms with Crippen LogP contribution in [0.1, 0.15) is 0 Å². The summed E-state index contributed by atoms with van der Waals surface area (Å²) >= 11 is 0. The number of hydrogen-bond acceptors (Lipinski definition) is 9. The molecular weight excluding hydrogens is 446 g/mol. The third-order valence-electron chi connectivity index (χ3n) is 5.33. The Morgan fingerprint density at radius 3 is 2.91 bits per heavy atom. The van der Waals surface area contributed by atoms with Gasteiger partial charge in [-0.3, -0.25) is 19.3 Å². The van der Waals surface area contributed by atoms with E-state index in [-0.39, 0.29) is 24.5 Å². The van der Waals surface area contributed by atoms with Crippen molar-refractivity contribution < 1.29 is 24.0 Å². The molecule has 0 spiro atoms. The molecule has 13 nitrogen and oxygen atoms in total. The van der Waals surface area contributed by atoms with Gasteiger partial charge in [-0.1, -0.05) is 5.16 Å². The number of fused-ring (bicyclic) bond motifs is 1. The number of rotatable bonds is 5. The molecule has 1 aromatic carbocycles. The van der Waals surface area contributed by atoms with Crippen LogP contribution in [-0.4, -0.2) is 62.2 Å². The van der Waals surface area contributed by atoms with Gasteiger partial charge < -0.3 is 30.4 Å². The fourth-order valence-corrected chi connectivity index (χ4v) is 3.60. The Hall–Kier alpha value is -4.49. The minimum Gasteiger partial charge on any atom is -0.380 e. The molecule has 0 aliphatic carbocycles. The number of morpholine rings is 1. The van der Waals surface area contributed by atoms with Gasteiger partial charge in [-0.25, -0.2) is 4.68 Å². The van der Waals surface area contributed by atoms with Crippen molar-refractivity contribution in [1.82, 2.24) is 19.9 Å². The van der Waals surface area contributed by atoms with E-state index in [1.807, 2.05) is 0 Å². The maximum atomic E-state index is 13.0. The minimum absolute atomic E-state index is 0.0928. The van der Waals surface area contributed by atoms with E-state index in [4.69, 9.17) is 15.0 Å². The molecule has 34 heavy (non-hydrogen) atoms. The highest BCUT2D eigenvalue weighted by atomic mass is 16.5. The highest BCUT2D eigenvalue weighted by molar-refractivity contribution is 6.04. The number of ether oxygens (including phenoxy) is 1. The maximum absolute atomic E-state index is 13.0. The zero-order chi connectivity index (χ0) is 23.8. The van der Waals surface area contributed by atoms with Crippen LogP contribution in [0.25, 0.3) is 16.7 Å². The lowest BCUT2D eigenvalue weighted by Gasteiger charge is -2.32. The van der Waals surface area contributed by atoms with Gasteiger partial charge in [-0.15, -0.1) is 5.10 Å². The Bertz CT molecular complexity index is 1420. The van der Waals surface area contributed by atoms with Crippen molar-refractivity contribution >= 4 is 40.1 Å². The topological polar surface area (TPSA) is 182 Å². The van der Waals surface area contributed by atoms with E-state index in [0.717, 1.165) is 0 Å². The number of nitrogens with one attached hydrogen (secondary N) is 2. The van der Waals surface area contributed by atoms with E-state index >= 15 is 0 Å². The number of carbonyl (C=O) groups is 2. The van der Waals surface area contributed by atoms with Crippen LogP contribution in [0.2, 0.25) is 0 Å². The monoisotopic (exact) mass is 465 g/mol. The van der Waals surface area contributed by atoms with Gasteiger partial charge in [-0.05, 0) is 18.2 Å². The molecule has 4 aromatic rings. The van der Waals surface area contributed by atoms with Gasteiger partial charge in [0, 0.05) is 36.3 Å². The van der Waals surface area contributed by atoms with Crippen LogP contribution in [-0.2, 0) is 14.3 Å². The first-order valence-electron chi connectivity index (χ1n) is 10.2. The summed E-state index contributed by atoms with van der Waals surface area (Å²) in [6, 6.07) is 9.24. The summed E-state index contributed by atoms with van der Waals surface area (Å²) in [5.74, 6) is -0.910. The van der Waals surface area contributed by atoms with Gasteiger partial charge in [0.05, 0.1) is 24.2 Å². The summed E-state index contributed by atoms with van der Waals surface area (Å²) in [6.07, 6.45) is -0.0820. The minimum atomic E-state index is -1.77. The maximum Gasteiger partial charge on any atom is 0.260 e. The molecule has 4 heterocycles. The van der Waals surface area contributed by atoms with E-state index in [0.29, 0.717) is 28.2 Å². The number of nitrogens with two attached hydrogens (primary N) is 1. The average Bonchev–Trinajstić information content (AvgIpc) is 3.46. The van der Waals surface area contributed by atoms with Gasteiger partial charge in [0.1, 0.15) is 0 Å². The molecule has 174 valence electrons. The highest BCUT2D eigenvalue weighted by Gasteiger charge is 2.40. The number of nitrogens with zero attached hydrogens (tertiary/aromatic N) is 4. The van der Waals surface area contributed by atoms with Crippen molar-refractivity contribution in [2.75, 3.05) is 29.1 Å². The second-order valence-electron chi connectivity index (χ2n) is 7.52. The number of carbonyl (C=O) groups excluding carboxylic acids is 2. The van der Waals surface area contributed by atoms with Crippen LogP contribution in [0.3, 0.4) is 0 Å². The zero-order valence-corrected chi connectivity index (χ0v) is 17.5. The van der Waals surface area contributed by atoms with Crippen LogP contribution in [0.5, 0.6) is 0 Å². The predicted octanol–water partition coefficient (Wildman–Crippen LogP) is 0.0154. The average molecular weight is 465 g/mol. The van der Waals surface area contributed by atoms with E-state index in [1.165, 1.54) is 27.9 Å². The molecule has 1 saturated heterocycles. The van der Waals surface area contributed by atoms with Crippen molar-refractivity contribution in [2.24, 2.45) is 0 Å². The molecule has 1 aliphatic heterocycles. The molecule has 3 aromatic heterocycles. The number of anilines is 3. The number of aliphatic hydroxyl groups is 1. The summed E-state index contributed by atoms with van der Waals surface area (Å²) in [5, 5.41) is 21.7. The van der Waals surface area contributed by atoms with E-state index < -0.39 is 24.0 Å². The molecule has 2 amide bonds. The van der Waals surface area contributed by atoms with Crippen molar-refractivity contribution in [1.29, 1.82) is 0 Å². The largest absolute Gasteiger partial charge is 0.380 e. The van der Waals surface area contributed by atoms with Crippen LogP contribution in [0.15, 0.2) is 58.1 Å². The lowest BCUT2D eigenvalue weighted by Crippen LogP contribution is -2.55. The molecule has 0 bridgehead atoms. The Kier molecular flexibility index (Phi) is 5.31. The van der Waals surface area contributed by atoms with Crippen molar-refractivity contribution in [2.45, 2.75) is 12.2 Å². The summed E-state index contributed by atoms with van der Waals surface area (Å²) in [7, 11) is 0.